The van der Waals surface area contributed by atoms with Crippen molar-refractivity contribution in [2.24, 2.45) is 0 Å². The summed E-state index contributed by atoms with van der Waals surface area (Å²) in [5, 5.41) is 15.7. The number of nitrogens with zero attached hydrogens (tertiary/aromatic N) is 6. The lowest BCUT2D eigenvalue weighted by Crippen LogP contribution is -2.09. The highest BCUT2D eigenvalue weighted by Gasteiger charge is 2.14. The quantitative estimate of drug-likeness (QED) is 0.485. The Balaban J connectivity index is 1.54. The summed E-state index contributed by atoms with van der Waals surface area (Å²) in [5.74, 6) is 1.47. The van der Waals surface area contributed by atoms with Crippen molar-refractivity contribution in [2.75, 3.05) is 5.32 Å². The van der Waals surface area contributed by atoms with Gasteiger partial charge in [-0.1, -0.05) is 40.4 Å². The molecule has 10 heteroatoms. The van der Waals surface area contributed by atoms with Crippen LogP contribution in [0, 0.1) is 6.92 Å². The van der Waals surface area contributed by atoms with Crippen LogP contribution in [-0.2, 0) is 6.54 Å². The van der Waals surface area contributed by atoms with Gasteiger partial charge in [-0.2, -0.15) is 4.68 Å². The Morgan fingerprint density at radius 1 is 1.07 bits per heavy atom. The van der Waals surface area contributed by atoms with Crippen molar-refractivity contribution in [3.05, 3.63) is 76.2 Å². The van der Waals surface area contributed by atoms with Crippen LogP contribution in [0.25, 0.3) is 5.69 Å². The zero-order valence-electron chi connectivity index (χ0n) is 15.3. The van der Waals surface area contributed by atoms with Crippen LogP contribution in [-0.4, -0.2) is 30.2 Å². The summed E-state index contributed by atoms with van der Waals surface area (Å²) < 4.78 is 7.35. The van der Waals surface area contributed by atoms with E-state index in [0.29, 0.717) is 39.9 Å². The molecule has 0 amide bonds. The van der Waals surface area contributed by atoms with Gasteiger partial charge in [0, 0.05) is 24.0 Å². The van der Waals surface area contributed by atoms with E-state index in [4.69, 9.17) is 27.9 Å². The van der Waals surface area contributed by atoms with Crippen molar-refractivity contribution < 1.29 is 4.74 Å². The fourth-order valence-electron chi connectivity index (χ4n) is 2.57. The number of hydrogen-bond acceptors (Lipinski definition) is 7. The summed E-state index contributed by atoms with van der Waals surface area (Å²) in [7, 11) is 0. The van der Waals surface area contributed by atoms with Crippen LogP contribution in [0.5, 0.6) is 11.6 Å². The number of tetrazole rings is 1. The maximum absolute atomic E-state index is 6.29. The van der Waals surface area contributed by atoms with E-state index in [1.165, 1.54) is 4.68 Å². The SMILES string of the molecule is Cc1ccc(Oc2ncccc2CNc2nnnn2-c2cccc(Cl)c2Cl)cn1. The van der Waals surface area contributed by atoms with E-state index >= 15 is 0 Å². The monoisotopic (exact) mass is 427 g/mol. The van der Waals surface area contributed by atoms with Gasteiger partial charge < -0.3 is 10.1 Å². The first kappa shape index (κ1) is 19.1. The highest BCUT2D eigenvalue weighted by atomic mass is 35.5. The van der Waals surface area contributed by atoms with Crippen LogP contribution in [0.15, 0.2) is 54.9 Å². The second-order valence-electron chi connectivity index (χ2n) is 6.05. The predicted molar refractivity (Wildman–Crippen MR) is 110 cm³/mol. The summed E-state index contributed by atoms with van der Waals surface area (Å²) in [6, 6.07) is 12.7. The molecule has 0 aliphatic heterocycles. The molecule has 8 nitrogen and oxygen atoms in total. The molecule has 0 fully saturated rings. The number of anilines is 1. The lowest BCUT2D eigenvalue weighted by atomic mass is 10.2. The lowest BCUT2D eigenvalue weighted by molar-refractivity contribution is 0.454. The third-order valence-electron chi connectivity index (χ3n) is 4.01. The van der Waals surface area contributed by atoms with E-state index < -0.39 is 0 Å². The van der Waals surface area contributed by atoms with E-state index in [1.807, 2.05) is 31.2 Å². The number of ether oxygens (including phenoxy) is 1. The molecule has 0 saturated carbocycles. The molecule has 0 spiro atoms. The number of nitrogens with one attached hydrogen (secondary N) is 1. The molecule has 0 radical (unpaired) electrons. The highest BCUT2D eigenvalue weighted by molar-refractivity contribution is 6.43. The summed E-state index contributed by atoms with van der Waals surface area (Å²) >= 11 is 12.4. The first-order valence-electron chi connectivity index (χ1n) is 8.63. The average Bonchev–Trinajstić information content (AvgIpc) is 3.19. The van der Waals surface area contributed by atoms with E-state index in [0.717, 1.165) is 11.3 Å². The van der Waals surface area contributed by atoms with Gasteiger partial charge in [0.2, 0.25) is 11.8 Å². The van der Waals surface area contributed by atoms with E-state index in [9.17, 15) is 0 Å². The van der Waals surface area contributed by atoms with Gasteiger partial charge in [0.1, 0.15) is 5.75 Å². The van der Waals surface area contributed by atoms with Gasteiger partial charge in [-0.15, -0.1) is 0 Å². The molecule has 4 aromatic rings. The van der Waals surface area contributed by atoms with Crippen LogP contribution in [0.1, 0.15) is 11.3 Å². The fourth-order valence-corrected chi connectivity index (χ4v) is 2.94. The number of aryl methyl sites for hydroxylation is 1. The Morgan fingerprint density at radius 2 is 1.97 bits per heavy atom. The zero-order valence-corrected chi connectivity index (χ0v) is 16.8. The number of pyridine rings is 2. The van der Waals surface area contributed by atoms with Gasteiger partial charge in [0.15, 0.2) is 0 Å². The number of hydrogen-bond donors (Lipinski definition) is 1. The first-order valence-corrected chi connectivity index (χ1v) is 9.38. The van der Waals surface area contributed by atoms with Crippen molar-refractivity contribution in [3.8, 4) is 17.3 Å². The largest absolute Gasteiger partial charge is 0.437 e. The van der Waals surface area contributed by atoms with Gasteiger partial charge in [-0.25, -0.2) is 4.98 Å². The van der Waals surface area contributed by atoms with Crippen molar-refractivity contribution in [3.63, 3.8) is 0 Å². The normalized spacial score (nSPS) is 10.7. The van der Waals surface area contributed by atoms with E-state index in [-0.39, 0.29) is 0 Å². The molecule has 0 saturated heterocycles. The summed E-state index contributed by atoms with van der Waals surface area (Å²) in [6.45, 7) is 2.29. The minimum atomic E-state index is 0.363. The zero-order chi connectivity index (χ0) is 20.2. The lowest BCUT2D eigenvalue weighted by Gasteiger charge is -2.12. The Kier molecular flexibility index (Phi) is 5.55. The molecular weight excluding hydrogens is 413 g/mol. The number of rotatable bonds is 6. The molecule has 4 rings (SSSR count). The Morgan fingerprint density at radius 3 is 2.79 bits per heavy atom. The Hall–Kier alpha value is -3.23. The van der Waals surface area contributed by atoms with Crippen LogP contribution in [0.2, 0.25) is 10.0 Å². The molecule has 146 valence electrons. The summed E-state index contributed by atoms with van der Waals surface area (Å²) in [5.41, 5.74) is 2.30. The maximum Gasteiger partial charge on any atom is 0.248 e. The Labute approximate surface area is 176 Å². The molecule has 0 unspecified atom stereocenters. The van der Waals surface area contributed by atoms with Gasteiger partial charge >= 0.3 is 0 Å². The van der Waals surface area contributed by atoms with Crippen LogP contribution in [0.3, 0.4) is 0 Å². The highest BCUT2D eigenvalue weighted by Crippen LogP contribution is 2.29. The average molecular weight is 428 g/mol. The first-order chi connectivity index (χ1) is 14.1. The third-order valence-corrected chi connectivity index (χ3v) is 4.82. The predicted octanol–water partition coefficient (Wildman–Crippen LogP) is 4.47. The smallest absolute Gasteiger partial charge is 0.248 e. The topological polar surface area (TPSA) is 90.6 Å². The van der Waals surface area contributed by atoms with Gasteiger partial charge in [-0.3, -0.25) is 4.98 Å². The molecule has 0 atom stereocenters. The third kappa shape index (κ3) is 4.28. The standard InChI is InChI=1S/C19H15Cl2N7O/c1-12-7-8-14(11-23-12)29-18-13(4-3-9-22-18)10-24-19-25-26-27-28(19)16-6-2-5-15(20)17(16)21/h2-9,11H,10H2,1H3,(H,24,25,27). The number of aromatic nitrogens is 6. The number of benzene rings is 1. The number of halogens is 2. The minimum Gasteiger partial charge on any atom is -0.437 e. The van der Waals surface area contributed by atoms with E-state index in [1.54, 1.807) is 30.6 Å². The molecule has 1 N–H and O–H groups in total. The molecule has 1 aromatic carbocycles. The van der Waals surface area contributed by atoms with Gasteiger partial charge in [-0.05, 0) is 47.7 Å². The van der Waals surface area contributed by atoms with Crippen LogP contribution in [0.4, 0.5) is 5.95 Å². The molecule has 3 heterocycles. The molecule has 3 aromatic heterocycles. The minimum absolute atomic E-state index is 0.363. The molecular formula is C19H15Cl2N7O. The molecule has 0 aliphatic carbocycles. The summed E-state index contributed by atoms with van der Waals surface area (Å²) in [4.78, 5) is 8.55. The molecule has 0 aliphatic rings. The van der Waals surface area contributed by atoms with Crippen molar-refractivity contribution in [1.29, 1.82) is 0 Å². The Bertz CT molecular complexity index is 1130. The van der Waals surface area contributed by atoms with Crippen molar-refractivity contribution in [2.45, 2.75) is 13.5 Å². The van der Waals surface area contributed by atoms with E-state index in [2.05, 4.69) is 30.8 Å². The van der Waals surface area contributed by atoms with Gasteiger partial charge in [0.25, 0.3) is 0 Å². The van der Waals surface area contributed by atoms with Crippen LogP contribution < -0.4 is 10.1 Å². The van der Waals surface area contributed by atoms with Gasteiger partial charge in [0.05, 0.1) is 21.9 Å². The van der Waals surface area contributed by atoms with Crippen molar-refractivity contribution >= 4 is 29.2 Å². The van der Waals surface area contributed by atoms with Crippen molar-refractivity contribution in [1.82, 2.24) is 30.2 Å². The van der Waals surface area contributed by atoms with Crippen LogP contribution >= 0.6 is 23.2 Å². The second kappa shape index (κ2) is 8.42. The fraction of sp³-hybridized carbons (Fsp3) is 0.105. The maximum atomic E-state index is 6.29. The second-order valence-corrected chi connectivity index (χ2v) is 6.83. The molecule has 29 heavy (non-hydrogen) atoms. The summed E-state index contributed by atoms with van der Waals surface area (Å²) in [6.07, 6.45) is 3.32. The molecule has 0 bridgehead atoms.